The third kappa shape index (κ3) is 6.73. The Balaban J connectivity index is 0.00000320. The molecule has 2 aromatic rings. The monoisotopic (exact) mass is 526 g/mol. The number of carbonyl (C=O) groups is 1. The largest absolute Gasteiger partial charge is 0.466 e. The van der Waals surface area contributed by atoms with Crippen LogP contribution in [-0.4, -0.2) is 30.1 Å². The van der Waals surface area contributed by atoms with Gasteiger partial charge in [0.05, 0.1) is 19.4 Å². The normalized spacial score (nSPS) is 16.0. The highest BCUT2D eigenvalue weighted by atomic mass is 127. The van der Waals surface area contributed by atoms with E-state index in [-0.39, 0.29) is 42.3 Å². The molecule has 7 nitrogen and oxygen atoms in total. The molecule has 0 bridgehead atoms. The topological polar surface area (TPSA) is 98.9 Å². The average Bonchev–Trinajstić information content (AvgIpc) is 3.18. The predicted molar refractivity (Wildman–Crippen MR) is 129 cm³/mol. The van der Waals surface area contributed by atoms with Crippen molar-refractivity contribution in [2.24, 2.45) is 10.9 Å². The molecule has 164 valence electrons. The minimum atomic E-state index is -1.15. The van der Waals surface area contributed by atoms with E-state index in [1.165, 1.54) is 0 Å². The summed E-state index contributed by atoms with van der Waals surface area (Å²) >= 11 is 0. The Kier molecular flexibility index (Phi) is 9.16. The molecule has 1 aliphatic carbocycles. The van der Waals surface area contributed by atoms with Gasteiger partial charge in [-0.05, 0) is 56.5 Å². The lowest BCUT2D eigenvalue weighted by Crippen LogP contribution is -2.44. The highest BCUT2D eigenvalue weighted by molar-refractivity contribution is 14.0. The number of carbonyl (C=O) groups excluding carboxylic acids is 1. The van der Waals surface area contributed by atoms with E-state index in [1.807, 2.05) is 31.2 Å². The number of benzene rings is 1. The second-order valence-corrected chi connectivity index (χ2v) is 7.62. The number of furan rings is 1. The lowest BCUT2D eigenvalue weighted by atomic mass is 9.85. The maximum Gasteiger partial charge on any atom is 0.227 e. The first-order valence-corrected chi connectivity index (χ1v) is 10.2. The van der Waals surface area contributed by atoms with Gasteiger partial charge in [0.1, 0.15) is 11.4 Å². The third-order valence-corrected chi connectivity index (χ3v) is 5.09. The molecule has 0 saturated heterocycles. The second-order valence-electron chi connectivity index (χ2n) is 7.62. The number of anilines is 1. The van der Waals surface area contributed by atoms with Crippen LogP contribution >= 0.6 is 24.0 Å². The van der Waals surface area contributed by atoms with Gasteiger partial charge in [0.25, 0.3) is 0 Å². The molecule has 0 spiro atoms. The van der Waals surface area contributed by atoms with Crippen molar-refractivity contribution in [3.05, 3.63) is 54.0 Å². The van der Waals surface area contributed by atoms with Crippen LogP contribution in [0.2, 0.25) is 0 Å². The van der Waals surface area contributed by atoms with E-state index in [0.717, 1.165) is 30.5 Å². The van der Waals surface area contributed by atoms with Crippen molar-refractivity contribution < 1.29 is 14.3 Å². The van der Waals surface area contributed by atoms with Gasteiger partial charge >= 0.3 is 0 Å². The van der Waals surface area contributed by atoms with E-state index in [9.17, 15) is 9.90 Å². The minimum absolute atomic E-state index is 0. The van der Waals surface area contributed by atoms with Crippen LogP contribution in [0.1, 0.15) is 44.4 Å². The Bertz CT molecular complexity index is 833. The first kappa shape index (κ1) is 24.2. The Morgan fingerprint density at radius 2 is 2.07 bits per heavy atom. The van der Waals surface area contributed by atoms with Crippen LogP contribution in [0, 0.1) is 5.92 Å². The number of halogens is 1. The van der Waals surface area contributed by atoms with E-state index in [0.29, 0.717) is 24.8 Å². The molecule has 1 fully saturated rings. The lowest BCUT2D eigenvalue weighted by Gasteiger charge is -2.24. The van der Waals surface area contributed by atoms with Crippen molar-refractivity contribution in [1.29, 1.82) is 0 Å². The molecule has 1 aliphatic rings. The molecule has 1 unspecified atom stereocenters. The molecule has 1 heterocycles. The van der Waals surface area contributed by atoms with E-state index >= 15 is 0 Å². The number of amides is 1. The lowest BCUT2D eigenvalue weighted by molar-refractivity contribution is -0.122. The van der Waals surface area contributed by atoms with Crippen LogP contribution in [0.4, 0.5) is 5.69 Å². The zero-order valence-corrected chi connectivity index (χ0v) is 19.8. The standard InChI is InChI=1S/C22H30N4O3.HI/c1-3-23-21(25-15-22(2,28)19-11-6-12-29-19)24-14-16-7-4-10-18(13-16)26-20(27)17-8-5-9-17;/h4,6-7,10-13,17,28H,3,5,8-9,14-15H2,1-2H3,(H,26,27)(H2,23,24,25);1H. The molecule has 1 aromatic heterocycles. The summed E-state index contributed by atoms with van der Waals surface area (Å²) in [5, 5.41) is 19.9. The predicted octanol–water partition coefficient (Wildman–Crippen LogP) is 3.60. The van der Waals surface area contributed by atoms with E-state index in [2.05, 4.69) is 20.9 Å². The Morgan fingerprint density at radius 1 is 1.27 bits per heavy atom. The Morgan fingerprint density at radius 3 is 2.70 bits per heavy atom. The van der Waals surface area contributed by atoms with Crippen molar-refractivity contribution in [1.82, 2.24) is 10.6 Å². The Labute approximate surface area is 194 Å². The number of hydrogen-bond donors (Lipinski definition) is 4. The molecule has 1 atom stereocenters. The minimum Gasteiger partial charge on any atom is -0.466 e. The van der Waals surface area contributed by atoms with Crippen molar-refractivity contribution in [3.8, 4) is 0 Å². The first-order valence-electron chi connectivity index (χ1n) is 10.2. The molecule has 0 radical (unpaired) electrons. The van der Waals surface area contributed by atoms with Gasteiger partial charge in [-0.3, -0.25) is 4.79 Å². The fourth-order valence-electron chi connectivity index (χ4n) is 3.10. The number of rotatable bonds is 8. The molecule has 1 amide bonds. The van der Waals surface area contributed by atoms with Gasteiger partial charge in [-0.25, -0.2) is 4.99 Å². The summed E-state index contributed by atoms with van der Waals surface area (Å²) in [6, 6.07) is 11.2. The highest BCUT2D eigenvalue weighted by Gasteiger charge is 2.26. The van der Waals surface area contributed by atoms with Crippen molar-refractivity contribution in [3.63, 3.8) is 0 Å². The summed E-state index contributed by atoms with van der Waals surface area (Å²) in [5.41, 5.74) is 0.644. The fraction of sp³-hybridized carbons (Fsp3) is 0.455. The van der Waals surface area contributed by atoms with Crippen LogP contribution in [0.5, 0.6) is 0 Å². The van der Waals surface area contributed by atoms with Gasteiger partial charge in [-0.1, -0.05) is 18.6 Å². The van der Waals surface area contributed by atoms with Crippen LogP contribution in [0.3, 0.4) is 0 Å². The van der Waals surface area contributed by atoms with E-state index < -0.39 is 5.60 Å². The summed E-state index contributed by atoms with van der Waals surface area (Å²) in [4.78, 5) is 16.7. The van der Waals surface area contributed by atoms with Crippen LogP contribution in [0.15, 0.2) is 52.1 Å². The summed E-state index contributed by atoms with van der Waals surface area (Å²) in [6.45, 7) is 5.08. The molecule has 8 heteroatoms. The third-order valence-electron chi connectivity index (χ3n) is 5.09. The summed E-state index contributed by atoms with van der Waals surface area (Å²) in [5.74, 6) is 1.36. The van der Waals surface area contributed by atoms with Crippen molar-refractivity contribution in [2.45, 2.75) is 45.3 Å². The molecule has 3 rings (SSSR count). The first-order chi connectivity index (χ1) is 14.0. The molecule has 1 saturated carbocycles. The number of nitrogens with one attached hydrogen (secondary N) is 3. The molecular formula is C22H31IN4O3. The SMILES string of the molecule is CCNC(=NCc1cccc(NC(=O)C2CCC2)c1)NCC(C)(O)c1ccco1.I. The molecule has 1 aromatic carbocycles. The summed E-state index contributed by atoms with van der Waals surface area (Å²) in [7, 11) is 0. The highest BCUT2D eigenvalue weighted by Crippen LogP contribution is 2.27. The van der Waals surface area contributed by atoms with E-state index in [1.54, 1.807) is 25.3 Å². The molecule has 0 aliphatic heterocycles. The Hall–Kier alpha value is -2.07. The van der Waals surface area contributed by atoms with Crippen molar-refractivity contribution >= 4 is 41.5 Å². The van der Waals surface area contributed by atoms with Crippen LogP contribution in [0.25, 0.3) is 0 Å². The maximum absolute atomic E-state index is 12.1. The smallest absolute Gasteiger partial charge is 0.227 e. The number of aliphatic imine (C=N–C) groups is 1. The van der Waals surface area contributed by atoms with Gasteiger partial charge < -0.3 is 25.5 Å². The molecule has 30 heavy (non-hydrogen) atoms. The van der Waals surface area contributed by atoms with Crippen LogP contribution in [-0.2, 0) is 16.9 Å². The van der Waals surface area contributed by atoms with Gasteiger partial charge in [0, 0.05) is 18.2 Å². The molecular weight excluding hydrogens is 495 g/mol. The molecule has 4 N–H and O–H groups in total. The van der Waals surface area contributed by atoms with Gasteiger partial charge in [-0.15, -0.1) is 24.0 Å². The number of nitrogens with zero attached hydrogens (tertiary/aromatic N) is 1. The second kappa shape index (κ2) is 11.4. The maximum atomic E-state index is 12.1. The average molecular weight is 526 g/mol. The zero-order chi connectivity index (χ0) is 20.7. The number of guanidine groups is 1. The fourth-order valence-corrected chi connectivity index (χ4v) is 3.10. The summed E-state index contributed by atoms with van der Waals surface area (Å²) < 4.78 is 5.31. The van der Waals surface area contributed by atoms with Crippen LogP contribution < -0.4 is 16.0 Å². The quantitative estimate of drug-likeness (QED) is 0.240. The number of aliphatic hydroxyl groups is 1. The van der Waals surface area contributed by atoms with E-state index in [4.69, 9.17) is 4.42 Å². The zero-order valence-electron chi connectivity index (χ0n) is 17.5. The van der Waals surface area contributed by atoms with Crippen molar-refractivity contribution in [2.75, 3.05) is 18.4 Å². The van der Waals surface area contributed by atoms with Gasteiger partial charge in [0.15, 0.2) is 5.96 Å². The number of hydrogen-bond acceptors (Lipinski definition) is 4. The van der Waals surface area contributed by atoms with Gasteiger partial charge in [0.2, 0.25) is 5.91 Å². The van der Waals surface area contributed by atoms with Gasteiger partial charge in [-0.2, -0.15) is 0 Å². The summed E-state index contributed by atoms with van der Waals surface area (Å²) in [6.07, 6.45) is 4.64.